The third-order valence-electron chi connectivity index (χ3n) is 5.24. The zero-order chi connectivity index (χ0) is 28.1. The van der Waals surface area contributed by atoms with Crippen molar-refractivity contribution in [3.05, 3.63) is 40.6 Å². The molecule has 0 saturated carbocycles. The molecule has 0 radical (unpaired) electrons. The summed E-state index contributed by atoms with van der Waals surface area (Å²) in [5, 5.41) is 0. The fourth-order valence-electron chi connectivity index (χ4n) is 3.85. The van der Waals surface area contributed by atoms with Crippen molar-refractivity contribution in [3.8, 4) is 0 Å². The Labute approximate surface area is 226 Å². The van der Waals surface area contributed by atoms with Gasteiger partial charge in [-0.3, -0.25) is 28.9 Å². The normalized spacial score (nSPS) is 26.2. The quantitative estimate of drug-likeness (QED) is 0.206. The molecular weight excluding hydrogens is 545 g/mol. The van der Waals surface area contributed by atoms with Crippen LogP contribution < -0.4 is 0 Å². The summed E-state index contributed by atoms with van der Waals surface area (Å²) in [7, 11) is 0. The number of esters is 4. The van der Waals surface area contributed by atoms with Crippen LogP contribution in [0.2, 0.25) is 0 Å². The van der Waals surface area contributed by atoms with Crippen molar-refractivity contribution in [2.24, 2.45) is 0 Å². The number of hydrogen-bond acceptors (Lipinski definition) is 12. The highest BCUT2D eigenvalue weighted by atomic mass is 32.2. The average molecular weight is 570 g/mol. The second-order valence-electron chi connectivity index (χ2n) is 8.16. The summed E-state index contributed by atoms with van der Waals surface area (Å²) in [6, 6.07) is 5.78. The molecule has 1 amide bonds. The minimum Gasteiger partial charge on any atom is -0.463 e. The van der Waals surface area contributed by atoms with E-state index in [1.54, 1.807) is 6.07 Å². The van der Waals surface area contributed by atoms with E-state index in [-0.39, 0.29) is 14.8 Å². The van der Waals surface area contributed by atoms with Crippen molar-refractivity contribution in [2.45, 2.75) is 58.3 Å². The van der Waals surface area contributed by atoms with Gasteiger partial charge in [0, 0.05) is 33.3 Å². The van der Waals surface area contributed by atoms with Crippen LogP contribution in [0.1, 0.15) is 33.3 Å². The number of amides is 1. The van der Waals surface area contributed by atoms with Crippen LogP contribution in [0.25, 0.3) is 6.08 Å². The van der Waals surface area contributed by atoms with Gasteiger partial charge in [0.2, 0.25) is 0 Å². The van der Waals surface area contributed by atoms with Gasteiger partial charge >= 0.3 is 23.9 Å². The van der Waals surface area contributed by atoms with Gasteiger partial charge in [0.1, 0.15) is 18.5 Å². The molecule has 2 fully saturated rings. The highest BCUT2D eigenvalue weighted by molar-refractivity contribution is 8.26. The van der Waals surface area contributed by atoms with E-state index in [0.717, 1.165) is 44.4 Å². The van der Waals surface area contributed by atoms with Crippen LogP contribution in [0.3, 0.4) is 0 Å². The molecule has 2 aliphatic rings. The zero-order valence-electron chi connectivity index (χ0n) is 20.7. The van der Waals surface area contributed by atoms with Crippen LogP contribution in [0.4, 0.5) is 4.39 Å². The van der Waals surface area contributed by atoms with E-state index in [2.05, 4.69) is 0 Å². The van der Waals surface area contributed by atoms with Crippen molar-refractivity contribution in [3.63, 3.8) is 0 Å². The van der Waals surface area contributed by atoms with Gasteiger partial charge in [-0.2, -0.15) is 0 Å². The summed E-state index contributed by atoms with van der Waals surface area (Å²) in [6.07, 6.45) is -5.81. The third kappa shape index (κ3) is 6.94. The molecule has 5 unspecified atom stereocenters. The number of thiocarbonyl (C=S) groups is 1. The number of halogens is 1. The fourth-order valence-corrected chi connectivity index (χ4v) is 5.15. The first-order valence-electron chi connectivity index (χ1n) is 11.2. The van der Waals surface area contributed by atoms with E-state index in [9.17, 15) is 28.4 Å². The summed E-state index contributed by atoms with van der Waals surface area (Å²) < 4.78 is 41.3. The predicted octanol–water partition coefficient (Wildman–Crippen LogP) is 2.11. The lowest BCUT2D eigenvalue weighted by atomic mass is 9.96. The monoisotopic (exact) mass is 569 g/mol. The van der Waals surface area contributed by atoms with Crippen LogP contribution in [-0.2, 0) is 47.7 Å². The third-order valence-corrected chi connectivity index (χ3v) is 6.57. The highest BCUT2D eigenvalue weighted by Gasteiger charge is 2.56. The molecule has 5 atom stereocenters. The smallest absolute Gasteiger partial charge is 0.303 e. The van der Waals surface area contributed by atoms with Gasteiger partial charge in [0.15, 0.2) is 28.9 Å². The van der Waals surface area contributed by atoms with Crippen molar-refractivity contribution >= 4 is 64.2 Å². The minimum atomic E-state index is -1.51. The summed E-state index contributed by atoms with van der Waals surface area (Å²) in [5.41, 5.74) is 0.134. The SMILES string of the molecule is CC(=O)OCC1OC(N2C(=O)/C(=C\c3ccccc3F)SC2=S)C(OC(C)=O)C(OC(C)=O)C1OC(C)=O. The van der Waals surface area contributed by atoms with E-state index in [1.807, 2.05) is 0 Å². The average Bonchev–Trinajstić information content (AvgIpc) is 3.08. The molecule has 0 bridgehead atoms. The standard InChI is InChI=1S/C24H24FNO10S2/c1-11(27)32-10-17-19(33-12(2)28)20(34-13(3)29)21(35-14(4)30)23(36-17)26-22(31)18(38-24(26)37)9-15-7-5-6-8-16(15)25/h5-9,17,19-21,23H,10H2,1-4H3/b18-9+. The largest absolute Gasteiger partial charge is 0.463 e. The first kappa shape index (κ1) is 29.2. The maximum Gasteiger partial charge on any atom is 0.303 e. The summed E-state index contributed by atoms with van der Waals surface area (Å²) in [4.78, 5) is 61.9. The maximum atomic E-state index is 14.2. The number of hydrogen-bond donors (Lipinski definition) is 0. The lowest BCUT2D eigenvalue weighted by Crippen LogP contribution is -2.66. The van der Waals surface area contributed by atoms with Crippen LogP contribution in [0, 0.1) is 5.82 Å². The van der Waals surface area contributed by atoms with Gasteiger partial charge in [-0.05, 0) is 12.1 Å². The van der Waals surface area contributed by atoms with Gasteiger partial charge < -0.3 is 23.7 Å². The Bertz CT molecular complexity index is 1190. The fraction of sp³-hybridized carbons (Fsp3) is 0.417. The Morgan fingerprint density at radius 1 is 0.974 bits per heavy atom. The lowest BCUT2D eigenvalue weighted by molar-refractivity contribution is -0.268. The molecule has 2 heterocycles. The molecule has 2 saturated heterocycles. The Kier molecular flexibility index (Phi) is 9.57. The van der Waals surface area contributed by atoms with E-state index in [1.165, 1.54) is 24.3 Å². The van der Waals surface area contributed by atoms with Gasteiger partial charge in [-0.1, -0.05) is 42.2 Å². The predicted molar refractivity (Wildman–Crippen MR) is 133 cm³/mol. The second kappa shape index (κ2) is 12.5. The zero-order valence-corrected chi connectivity index (χ0v) is 22.3. The maximum absolute atomic E-state index is 14.2. The molecular formula is C24H24FNO10S2. The Balaban J connectivity index is 2.06. The number of thioether (sulfide) groups is 1. The van der Waals surface area contributed by atoms with Crippen LogP contribution >= 0.6 is 24.0 Å². The Morgan fingerprint density at radius 2 is 1.55 bits per heavy atom. The Hall–Kier alpha value is -3.36. The number of benzene rings is 1. The number of carbonyl (C=O) groups is 5. The molecule has 0 spiro atoms. The number of ether oxygens (including phenoxy) is 5. The van der Waals surface area contributed by atoms with Crippen molar-refractivity contribution < 1.29 is 52.0 Å². The molecule has 204 valence electrons. The van der Waals surface area contributed by atoms with Gasteiger partial charge in [-0.25, -0.2) is 4.39 Å². The molecule has 0 aliphatic carbocycles. The van der Waals surface area contributed by atoms with Crippen LogP contribution in [0.15, 0.2) is 29.2 Å². The van der Waals surface area contributed by atoms with Gasteiger partial charge in [0.05, 0.1) is 4.91 Å². The van der Waals surface area contributed by atoms with E-state index < -0.39 is 72.9 Å². The van der Waals surface area contributed by atoms with Crippen molar-refractivity contribution in [2.75, 3.05) is 6.61 Å². The summed E-state index contributed by atoms with van der Waals surface area (Å²) >= 11 is 6.25. The molecule has 1 aromatic carbocycles. The van der Waals surface area contributed by atoms with E-state index >= 15 is 0 Å². The van der Waals surface area contributed by atoms with E-state index in [0.29, 0.717) is 0 Å². The topological polar surface area (TPSA) is 135 Å². The molecule has 1 aromatic rings. The number of nitrogens with zero attached hydrogens (tertiary/aromatic N) is 1. The van der Waals surface area contributed by atoms with E-state index in [4.69, 9.17) is 35.9 Å². The molecule has 14 heteroatoms. The molecule has 2 aliphatic heterocycles. The summed E-state index contributed by atoms with van der Waals surface area (Å²) in [6.45, 7) is 3.93. The number of rotatable bonds is 7. The lowest BCUT2D eigenvalue weighted by Gasteiger charge is -2.46. The molecule has 38 heavy (non-hydrogen) atoms. The van der Waals surface area contributed by atoms with Crippen LogP contribution in [0.5, 0.6) is 0 Å². The molecule has 11 nitrogen and oxygen atoms in total. The first-order chi connectivity index (χ1) is 17.9. The van der Waals surface area contributed by atoms with Crippen LogP contribution in [-0.4, -0.2) is 76.3 Å². The molecule has 0 aromatic heterocycles. The van der Waals surface area contributed by atoms with Crippen molar-refractivity contribution in [1.82, 2.24) is 4.90 Å². The molecule has 0 N–H and O–H groups in total. The second-order valence-corrected chi connectivity index (χ2v) is 9.84. The van der Waals surface area contributed by atoms with Gasteiger partial charge in [-0.15, -0.1) is 0 Å². The van der Waals surface area contributed by atoms with Crippen molar-refractivity contribution in [1.29, 1.82) is 0 Å². The first-order valence-corrected chi connectivity index (χ1v) is 12.4. The molecule has 3 rings (SSSR count). The summed E-state index contributed by atoms with van der Waals surface area (Å²) in [5.74, 6) is -4.39. The minimum absolute atomic E-state index is 0.0292. The highest BCUT2D eigenvalue weighted by Crippen LogP contribution is 2.39. The Morgan fingerprint density at radius 3 is 2.13 bits per heavy atom. The number of carbonyl (C=O) groups excluding carboxylic acids is 5. The van der Waals surface area contributed by atoms with Gasteiger partial charge in [0.25, 0.3) is 5.91 Å².